The van der Waals surface area contributed by atoms with Crippen molar-refractivity contribution < 1.29 is 46.2 Å². The zero-order chi connectivity index (χ0) is 17.6. The monoisotopic (exact) mass is 332 g/mol. The van der Waals surface area contributed by atoms with Crippen molar-refractivity contribution in [2.45, 2.75) is 45.1 Å². The van der Waals surface area contributed by atoms with Crippen LogP contribution in [0.15, 0.2) is 0 Å². The Kier molecular flexibility index (Phi) is 7.27. The van der Waals surface area contributed by atoms with Gasteiger partial charge in [0.1, 0.15) is 0 Å². The van der Waals surface area contributed by atoms with E-state index in [9.17, 15) is 31.9 Å². The first-order valence-electron chi connectivity index (χ1n) is 6.24. The predicted octanol–water partition coefficient (Wildman–Crippen LogP) is 1.70. The molecule has 0 aliphatic heterocycles. The highest BCUT2D eigenvalue weighted by atomic mass is 19.4. The van der Waals surface area contributed by atoms with Gasteiger partial charge in [0, 0.05) is 0 Å². The average molecular weight is 332 g/mol. The second-order valence-corrected chi connectivity index (χ2v) is 4.31. The fraction of sp³-hybridized carbons (Fsp3) is 0.750. The van der Waals surface area contributed by atoms with Crippen LogP contribution in [0.3, 0.4) is 0 Å². The van der Waals surface area contributed by atoms with Gasteiger partial charge < -0.3 is 14.2 Å². The number of alkyl halides is 4. The van der Waals surface area contributed by atoms with Gasteiger partial charge in [0.05, 0.1) is 6.61 Å². The van der Waals surface area contributed by atoms with Crippen molar-refractivity contribution in [2.75, 3.05) is 13.2 Å². The molecule has 6 nitrogen and oxygen atoms in total. The Morgan fingerprint density at radius 3 is 1.91 bits per heavy atom. The molecule has 0 aromatic heterocycles. The summed E-state index contributed by atoms with van der Waals surface area (Å²) in [5.74, 6) is -4.83. The third-order valence-electron chi connectivity index (χ3n) is 2.41. The van der Waals surface area contributed by atoms with Crippen molar-refractivity contribution in [3.05, 3.63) is 0 Å². The molecule has 0 N–H and O–H groups in total. The molecule has 10 heteroatoms. The van der Waals surface area contributed by atoms with Crippen LogP contribution in [-0.2, 0) is 28.6 Å². The zero-order valence-corrected chi connectivity index (χ0v) is 12.2. The molecule has 2 atom stereocenters. The molecule has 0 saturated heterocycles. The second kappa shape index (κ2) is 7.95. The lowest BCUT2D eigenvalue weighted by Crippen LogP contribution is -2.43. The molecular weight excluding hydrogens is 316 g/mol. The molecule has 0 aromatic carbocycles. The topological polar surface area (TPSA) is 78.9 Å². The molecule has 0 fully saturated rings. The Morgan fingerprint density at radius 2 is 1.50 bits per heavy atom. The summed E-state index contributed by atoms with van der Waals surface area (Å²) < 4.78 is 62.1. The summed E-state index contributed by atoms with van der Waals surface area (Å²) in [6.45, 7) is 1.25. The fourth-order valence-corrected chi connectivity index (χ4v) is 1.01. The number of halogens is 4. The first-order valence-corrected chi connectivity index (χ1v) is 6.24. The molecule has 22 heavy (non-hydrogen) atoms. The van der Waals surface area contributed by atoms with Crippen LogP contribution in [0.4, 0.5) is 17.6 Å². The predicted molar refractivity (Wildman–Crippen MR) is 63.3 cm³/mol. The van der Waals surface area contributed by atoms with Crippen LogP contribution in [0.5, 0.6) is 0 Å². The molecule has 0 spiro atoms. The van der Waals surface area contributed by atoms with Gasteiger partial charge in [0.2, 0.25) is 5.67 Å². The first kappa shape index (κ1) is 20.1. The first-order chi connectivity index (χ1) is 9.94. The molecule has 0 radical (unpaired) electrons. The zero-order valence-electron chi connectivity index (χ0n) is 12.2. The standard InChI is InChI=1S/C12H16F4O6/c1-4-11(3,13)10(19)22-7(8(17)20-5-2)9(18)21-6-12(14,15)16/h7H,4-6H2,1-3H3. The van der Waals surface area contributed by atoms with E-state index >= 15 is 0 Å². The highest BCUT2D eigenvalue weighted by Gasteiger charge is 2.42. The summed E-state index contributed by atoms with van der Waals surface area (Å²) in [6.07, 6.45) is -7.59. The maximum Gasteiger partial charge on any atom is 0.422 e. The summed E-state index contributed by atoms with van der Waals surface area (Å²) in [4.78, 5) is 34.4. The van der Waals surface area contributed by atoms with E-state index in [0.29, 0.717) is 0 Å². The highest BCUT2D eigenvalue weighted by Crippen LogP contribution is 2.19. The molecule has 0 aliphatic rings. The summed E-state index contributed by atoms with van der Waals surface area (Å²) in [5, 5.41) is 0. The lowest BCUT2D eigenvalue weighted by atomic mass is 10.1. The number of carbonyl (C=O) groups is 3. The van der Waals surface area contributed by atoms with Crippen LogP contribution in [0.2, 0.25) is 0 Å². The van der Waals surface area contributed by atoms with Gasteiger partial charge in [-0.3, -0.25) is 0 Å². The molecule has 0 saturated carbocycles. The van der Waals surface area contributed by atoms with Crippen LogP contribution in [0.25, 0.3) is 0 Å². The lowest BCUT2D eigenvalue weighted by Gasteiger charge is -2.21. The van der Waals surface area contributed by atoms with Gasteiger partial charge in [0.15, 0.2) is 6.61 Å². The van der Waals surface area contributed by atoms with E-state index in [-0.39, 0.29) is 13.0 Å². The number of rotatable bonds is 7. The molecule has 2 unspecified atom stereocenters. The van der Waals surface area contributed by atoms with Crippen molar-refractivity contribution >= 4 is 17.9 Å². The van der Waals surface area contributed by atoms with Crippen molar-refractivity contribution in [2.24, 2.45) is 0 Å². The van der Waals surface area contributed by atoms with E-state index in [4.69, 9.17) is 0 Å². The van der Waals surface area contributed by atoms with E-state index < -0.39 is 42.5 Å². The van der Waals surface area contributed by atoms with E-state index in [1.807, 2.05) is 0 Å². The third kappa shape index (κ3) is 6.72. The number of hydrogen-bond donors (Lipinski definition) is 0. The van der Waals surface area contributed by atoms with Crippen molar-refractivity contribution in [1.82, 2.24) is 0 Å². The van der Waals surface area contributed by atoms with E-state index in [2.05, 4.69) is 14.2 Å². The van der Waals surface area contributed by atoms with Gasteiger partial charge >= 0.3 is 24.1 Å². The average Bonchev–Trinajstić information content (AvgIpc) is 2.41. The van der Waals surface area contributed by atoms with Crippen molar-refractivity contribution in [3.63, 3.8) is 0 Å². The van der Waals surface area contributed by atoms with Gasteiger partial charge in [0.25, 0.3) is 6.10 Å². The van der Waals surface area contributed by atoms with Crippen LogP contribution in [0.1, 0.15) is 27.2 Å². The van der Waals surface area contributed by atoms with Gasteiger partial charge in [-0.1, -0.05) is 6.92 Å². The van der Waals surface area contributed by atoms with E-state index in [1.54, 1.807) is 0 Å². The van der Waals surface area contributed by atoms with Crippen LogP contribution in [0, 0.1) is 0 Å². The molecular formula is C12H16F4O6. The Labute approximate surface area is 123 Å². The van der Waals surface area contributed by atoms with Gasteiger partial charge in [-0.05, 0) is 20.3 Å². The Balaban J connectivity index is 5.02. The van der Waals surface area contributed by atoms with Crippen LogP contribution in [-0.4, -0.2) is 49.1 Å². The number of carbonyl (C=O) groups excluding carboxylic acids is 3. The van der Waals surface area contributed by atoms with E-state index in [0.717, 1.165) is 6.92 Å². The van der Waals surface area contributed by atoms with Crippen LogP contribution >= 0.6 is 0 Å². The molecule has 0 heterocycles. The number of hydrogen-bond acceptors (Lipinski definition) is 6. The van der Waals surface area contributed by atoms with Crippen LogP contribution < -0.4 is 0 Å². The Hall–Kier alpha value is -1.87. The fourth-order valence-electron chi connectivity index (χ4n) is 1.01. The molecule has 0 aliphatic carbocycles. The third-order valence-corrected chi connectivity index (χ3v) is 2.41. The SMILES string of the molecule is CCOC(=O)C(OC(=O)C(C)(F)CC)C(=O)OCC(F)(F)F. The summed E-state index contributed by atoms with van der Waals surface area (Å²) >= 11 is 0. The van der Waals surface area contributed by atoms with E-state index in [1.165, 1.54) is 13.8 Å². The minimum Gasteiger partial charge on any atom is -0.463 e. The Morgan fingerprint density at radius 1 is 1.00 bits per heavy atom. The number of ether oxygens (including phenoxy) is 3. The largest absolute Gasteiger partial charge is 0.463 e. The van der Waals surface area contributed by atoms with Crippen molar-refractivity contribution in [3.8, 4) is 0 Å². The quantitative estimate of drug-likeness (QED) is 0.306. The lowest BCUT2D eigenvalue weighted by molar-refractivity contribution is -0.201. The maximum absolute atomic E-state index is 13.7. The summed E-state index contributed by atoms with van der Waals surface area (Å²) in [5.41, 5.74) is -2.52. The smallest absolute Gasteiger partial charge is 0.422 e. The molecule has 0 bridgehead atoms. The van der Waals surface area contributed by atoms with Gasteiger partial charge in [-0.2, -0.15) is 13.2 Å². The summed E-state index contributed by atoms with van der Waals surface area (Å²) in [7, 11) is 0. The van der Waals surface area contributed by atoms with Crippen molar-refractivity contribution in [1.29, 1.82) is 0 Å². The maximum atomic E-state index is 13.7. The minimum absolute atomic E-state index is 0.236. The normalized spacial score (nSPS) is 15.4. The molecule has 128 valence electrons. The number of esters is 3. The Bertz CT molecular complexity index is 418. The molecule has 0 rings (SSSR count). The van der Waals surface area contributed by atoms with Gasteiger partial charge in [-0.25, -0.2) is 18.8 Å². The molecule has 0 amide bonds. The highest BCUT2D eigenvalue weighted by molar-refractivity contribution is 6.00. The second-order valence-electron chi connectivity index (χ2n) is 4.31. The minimum atomic E-state index is -4.84. The summed E-state index contributed by atoms with van der Waals surface area (Å²) in [6, 6.07) is 0. The van der Waals surface area contributed by atoms with Gasteiger partial charge in [-0.15, -0.1) is 0 Å². The molecule has 0 aromatic rings.